The molecule has 1 aromatic heterocycles. The summed E-state index contributed by atoms with van der Waals surface area (Å²) >= 11 is 1.89. The topological polar surface area (TPSA) is 3.24 Å². The van der Waals surface area contributed by atoms with Gasteiger partial charge in [0.2, 0.25) is 0 Å². The largest absolute Gasteiger partial charge is 0.310 e. The molecule has 2 heteroatoms. The van der Waals surface area contributed by atoms with Crippen molar-refractivity contribution in [2.24, 2.45) is 0 Å². The molecule has 0 saturated heterocycles. The smallest absolute Gasteiger partial charge is 0.0540 e. The normalized spacial score (nSPS) is 13.1. The lowest BCUT2D eigenvalue weighted by Gasteiger charge is -2.29. The molecule has 0 aliphatic heterocycles. The maximum atomic E-state index is 2.43. The summed E-state index contributed by atoms with van der Waals surface area (Å²) in [6.45, 7) is 4.69. The fourth-order valence-corrected chi connectivity index (χ4v) is 9.62. The van der Waals surface area contributed by atoms with Crippen molar-refractivity contribution in [3.8, 4) is 33.4 Å². The van der Waals surface area contributed by atoms with Crippen molar-refractivity contribution < 1.29 is 0 Å². The van der Waals surface area contributed by atoms with Gasteiger partial charge in [0.1, 0.15) is 0 Å². The molecular weight excluding hydrogens is 635 g/mol. The molecule has 0 atom stereocenters. The van der Waals surface area contributed by atoms with Crippen LogP contribution >= 0.6 is 11.3 Å². The Hall–Kier alpha value is -5.96. The molecule has 9 aromatic rings. The van der Waals surface area contributed by atoms with Gasteiger partial charge < -0.3 is 4.90 Å². The number of rotatable bonds is 5. The molecule has 10 rings (SSSR count). The first-order chi connectivity index (χ1) is 25.1. The van der Waals surface area contributed by atoms with Gasteiger partial charge >= 0.3 is 0 Å². The summed E-state index contributed by atoms with van der Waals surface area (Å²) in [5.74, 6) is 0. The van der Waals surface area contributed by atoms with Crippen molar-refractivity contribution in [2.75, 3.05) is 4.90 Å². The Bertz CT molecular complexity index is 2770. The maximum absolute atomic E-state index is 2.43. The Labute approximate surface area is 302 Å². The van der Waals surface area contributed by atoms with E-state index in [1.165, 1.54) is 75.5 Å². The fourth-order valence-electron chi connectivity index (χ4n) is 8.39. The third-order valence-electron chi connectivity index (χ3n) is 10.9. The van der Waals surface area contributed by atoms with E-state index in [1.54, 1.807) is 0 Å². The minimum atomic E-state index is -0.0429. The van der Waals surface area contributed by atoms with E-state index >= 15 is 0 Å². The zero-order valence-electron chi connectivity index (χ0n) is 28.6. The van der Waals surface area contributed by atoms with Gasteiger partial charge in [-0.3, -0.25) is 0 Å². The molecule has 1 heterocycles. The van der Waals surface area contributed by atoms with E-state index in [1.807, 2.05) is 11.3 Å². The lowest BCUT2D eigenvalue weighted by molar-refractivity contribution is 0.660. The van der Waals surface area contributed by atoms with Crippen molar-refractivity contribution in [2.45, 2.75) is 19.3 Å². The van der Waals surface area contributed by atoms with Gasteiger partial charge in [-0.15, -0.1) is 11.3 Å². The molecule has 0 radical (unpaired) electrons. The van der Waals surface area contributed by atoms with Crippen LogP contribution < -0.4 is 4.90 Å². The van der Waals surface area contributed by atoms with Crippen molar-refractivity contribution in [1.29, 1.82) is 0 Å². The molecule has 0 fully saturated rings. The summed E-state index contributed by atoms with van der Waals surface area (Å²) in [7, 11) is 0. The number of para-hydroxylation sites is 1. The van der Waals surface area contributed by atoms with Crippen molar-refractivity contribution in [1.82, 2.24) is 0 Å². The van der Waals surface area contributed by atoms with Crippen LogP contribution in [0.25, 0.3) is 64.3 Å². The first-order valence-electron chi connectivity index (χ1n) is 17.7. The van der Waals surface area contributed by atoms with E-state index < -0.39 is 0 Å². The van der Waals surface area contributed by atoms with Gasteiger partial charge in [0, 0.05) is 47.9 Å². The molecule has 1 nitrogen and oxygen atoms in total. The highest BCUT2D eigenvalue weighted by atomic mass is 32.1. The number of thiophene rings is 1. The molecule has 1 aliphatic rings. The minimum absolute atomic E-state index is 0.0429. The molecule has 0 N–H and O–H groups in total. The summed E-state index contributed by atoms with van der Waals surface area (Å²) in [5, 5.41) is 5.28. The third kappa shape index (κ3) is 4.67. The van der Waals surface area contributed by atoms with Crippen LogP contribution in [-0.2, 0) is 5.41 Å². The quantitative estimate of drug-likeness (QED) is 0.176. The molecule has 0 saturated carbocycles. The first kappa shape index (κ1) is 29.9. The molecule has 8 aromatic carbocycles. The first-order valence-corrected chi connectivity index (χ1v) is 18.5. The van der Waals surface area contributed by atoms with Crippen molar-refractivity contribution >= 4 is 59.3 Å². The van der Waals surface area contributed by atoms with E-state index in [2.05, 4.69) is 195 Å². The van der Waals surface area contributed by atoms with Crippen LogP contribution in [0.2, 0.25) is 0 Å². The summed E-state index contributed by atoms with van der Waals surface area (Å²) in [6, 6.07) is 64.8. The van der Waals surface area contributed by atoms with Crippen molar-refractivity contribution in [3.05, 3.63) is 187 Å². The Morgan fingerprint density at radius 1 is 0.412 bits per heavy atom. The van der Waals surface area contributed by atoms with Crippen molar-refractivity contribution in [3.63, 3.8) is 0 Å². The van der Waals surface area contributed by atoms with Gasteiger partial charge in [-0.1, -0.05) is 153 Å². The lowest BCUT2D eigenvalue weighted by Crippen LogP contribution is -2.15. The highest BCUT2D eigenvalue weighted by molar-refractivity contribution is 7.26. The minimum Gasteiger partial charge on any atom is -0.310 e. The Morgan fingerprint density at radius 3 is 1.88 bits per heavy atom. The third-order valence-corrected chi connectivity index (χ3v) is 12.1. The highest BCUT2D eigenvalue weighted by Gasteiger charge is 2.35. The average molecular weight is 670 g/mol. The molecule has 0 spiro atoms. The van der Waals surface area contributed by atoms with Crippen LogP contribution in [0.4, 0.5) is 17.1 Å². The van der Waals surface area contributed by atoms with Gasteiger partial charge in [0.25, 0.3) is 0 Å². The summed E-state index contributed by atoms with van der Waals surface area (Å²) in [6.07, 6.45) is 0. The van der Waals surface area contributed by atoms with E-state index in [0.717, 1.165) is 17.1 Å². The number of fused-ring (bicyclic) bond motifs is 8. The van der Waals surface area contributed by atoms with Gasteiger partial charge in [-0.05, 0) is 80.7 Å². The second kappa shape index (κ2) is 11.6. The van der Waals surface area contributed by atoms with Crippen LogP contribution in [0.1, 0.15) is 25.0 Å². The number of benzene rings is 8. The number of anilines is 3. The second-order valence-corrected chi connectivity index (χ2v) is 15.2. The maximum Gasteiger partial charge on any atom is 0.0540 e. The summed E-state index contributed by atoms with van der Waals surface area (Å²) in [4.78, 5) is 2.43. The second-order valence-electron chi connectivity index (χ2n) is 14.1. The zero-order valence-corrected chi connectivity index (χ0v) is 29.4. The molecule has 242 valence electrons. The van der Waals surface area contributed by atoms with Gasteiger partial charge in [0.05, 0.1) is 5.69 Å². The van der Waals surface area contributed by atoms with Crippen LogP contribution in [-0.4, -0.2) is 0 Å². The van der Waals surface area contributed by atoms with Crippen LogP contribution in [0.15, 0.2) is 176 Å². The molecule has 1 aliphatic carbocycles. The SMILES string of the molecule is CC1(C)c2ccccc2-c2cc(N(c3ccc(-c4cccc5c4ccc4c6ccccc6sc54)cc3)c3ccccc3-c3ccccc3)ccc21. The Kier molecular flexibility index (Phi) is 6.78. The lowest BCUT2D eigenvalue weighted by atomic mass is 9.82. The van der Waals surface area contributed by atoms with E-state index in [-0.39, 0.29) is 5.41 Å². The molecule has 0 amide bonds. The molecule has 0 unspecified atom stereocenters. The van der Waals surface area contributed by atoms with Crippen LogP contribution in [0, 0.1) is 0 Å². The monoisotopic (exact) mass is 669 g/mol. The van der Waals surface area contributed by atoms with Gasteiger partial charge in [-0.2, -0.15) is 0 Å². The predicted octanol–water partition coefficient (Wildman–Crippen LogP) is 14.3. The van der Waals surface area contributed by atoms with E-state index in [4.69, 9.17) is 0 Å². The predicted molar refractivity (Wildman–Crippen MR) is 220 cm³/mol. The van der Waals surface area contributed by atoms with Crippen LogP contribution in [0.5, 0.6) is 0 Å². The molecule has 51 heavy (non-hydrogen) atoms. The highest BCUT2D eigenvalue weighted by Crippen LogP contribution is 2.51. The number of hydrogen-bond donors (Lipinski definition) is 0. The number of hydrogen-bond acceptors (Lipinski definition) is 2. The molecular formula is C49H35NS. The molecule has 0 bridgehead atoms. The van der Waals surface area contributed by atoms with Crippen LogP contribution in [0.3, 0.4) is 0 Å². The van der Waals surface area contributed by atoms with E-state index in [0.29, 0.717) is 0 Å². The van der Waals surface area contributed by atoms with Gasteiger partial charge in [-0.25, -0.2) is 0 Å². The number of nitrogens with zero attached hydrogens (tertiary/aromatic N) is 1. The standard InChI is InChI=1S/C49H35NS/c1-49(2)44-20-9-6-16-39(44)43-31-35(27-30-45(43)49)50(46-21-10-7-15-37(46)32-13-4-3-5-14-32)34-25-23-33(24-26-34)36-18-12-19-41-38(36)28-29-42-40-17-8-11-22-47(40)51-48(41)42/h3-31H,1-2H3. The Balaban J connectivity index is 1.13. The van der Waals surface area contributed by atoms with E-state index in [9.17, 15) is 0 Å². The van der Waals surface area contributed by atoms with Gasteiger partial charge in [0.15, 0.2) is 0 Å². The average Bonchev–Trinajstić information content (AvgIpc) is 3.68. The zero-order chi connectivity index (χ0) is 34.1. The summed E-state index contributed by atoms with van der Waals surface area (Å²) in [5.41, 5.74) is 13.7. The Morgan fingerprint density at radius 2 is 1.02 bits per heavy atom. The fraction of sp³-hybridized carbons (Fsp3) is 0.0612. The summed E-state index contributed by atoms with van der Waals surface area (Å²) < 4.78 is 2.70.